The van der Waals surface area contributed by atoms with Gasteiger partial charge in [0.2, 0.25) is 5.88 Å². The summed E-state index contributed by atoms with van der Waals surface area (Å²) in [4.78, 5) is 10.3. The van der Waals surface area contributed by atoms with Crippen LogP contribution in [-0.2, 0) is 0 Å². The molecule has 0 spiro atoms. The Hall–Kier alpha value is -6.46. The number of fused-ring (bicyclic) bond motifs is 8. The summed E-state index contributed by atoms with van der Waals surface area (Å²) >= 11 is 0. The van der Waals surface area contributed by atoms with Crippen molar-refractivity contribution in [3.8, 4) is 11.1 Å². The number of hydrogen-bond acceptors (Lipinski definition) is 5. The van der Waals surface area contributed by atoms with Crippen LogP contribution >= 0.6 is 0 Å². The van der Waals surface area contributed by atoms with Gasteiger partial charge in [0.1, 0.15) is 17.6 Å². The van der Waals surface area contributed by atoms with Crippen LogP contribution in [0.15, 0.2) is 166 Å². The standard InChI is InChI=1S/C44H30N4O/c1-3-13-28(14-4-1)41-46-42(29-15-5-2-6-16-29)48-43(47-41)36-24-25-45-44-39(36)35-21-11-20-34(40(35)49-44)37-26-30-23-22-27-12-7-8-17-31(27)38(30)33-19-10-9-18-32(33)37/h1-24,26,41,45H,25H2,(H,46,47,48). The molecule has 8 aromatic rings. The van der Waals surface area contributed by atoms with E-state index in [1.165, 1.54) is 32.3 Å². The number of nitrogens with zero attached hydrogens (tertiary/aromatic N) is 2. The minimum atomic E-state index is -0.281. The van der Waals surface area contributed by atoms with Gasteiger partial charge >= 0.3 is 0 Å². The summed E-state index contributed by atoms with van der Waals surface area (Å²) in [5, 5.41) is 15.5. The molecule has 7 aromatic carbocycles. The molecule has 0 bridgehead atoms. The zero-order chi connectivity index (χ0) is 32.3. The number of benzene rings is 7. The van der Waals surface area contributed by atoms with Gasteiger partial charge < -0.3 is 15.1 Å². The Morgan fingerprint density at radius 2 is 1.33 bits per heavy atom. The SMILES string of the molecule is C1=C(C2=NC(c3ccccc3)NC(c3ccccc3)=N2)c2c(oc3c(-c4cc5ccc6ccccc6c5c5ccccc45)cccc23)NC1. The Labute approximate surface area is 283 Å². The summed E-state index contributed by atoms with van der Waals surface area (Å²) < 4.78 is 6.78. The molecule has 1 atom stereocenters. The average Bonchev–Trinajstić information content (AvgIpc) is 3.57. The van der Waals surface area contributed by atoms with E-state index in [0.717, 1.165) is 56.1 Å². The lowest BCUT2D eigenvalue weighted by atomic mass is 9.90. The Kier molecular flexibility index (Phi) is 6.24. The fourth-order valence-corrected chi connectivity index (χ4v) is 7.49. The molecule has 1 unspecified atom stereocenters. The zero-order valence-electron chi connectivity index (χ0n) is 26.5. The molecule has 232 valence electrons. The van der Waals surface area contributed by atoms with Gasteiger partial charge in [-0.15, -0.1) is 0 Å². The molecule has 3 heterocycles. The van der Waals surface area contributed by atoms with Gasteiger partial charge in [-0.3, -0.25) is 0 Å². The highest BCUT2D eigenvalue weighted by atomic mass is 16.4. The quantitative estimate of drug-likeness (QED) is 0.190. The highest BCUT2D eigenvalue weighted by Crippen LogP contribution is 2.45. The van der Waals surface area contributed by atoms with Crippen LogP contribution in [0.1, 0.15) is 22.9 Å². The lowest BCUT2D eigenvalue weighted by Crippen LogP contribution is -2.33. The third kappa shape index (κ3) is 4.47. The predicted octanol–water partition coefficient (Wildman–Crippen LogP) is 10.5. The number of amidine groups is 2. The topological polar surface area (TPSA) is 61.9 Å². The molecule has 10 rings (SSSR count). The minimum absolute atomic E-state index is 0.281. The molecular weight excluding hydrogens is 601 g/mol. The fourth-order valence-electron chi connectivity index (χ4n) is 7.49. The van der Waals surface area contributed by atoms with E-state index in [9.17, 15) is 0 Å². The molecule has 5 heteroatoms. The largest absolute Gasteiger partial charge is 0.439 e. The highest BCUT2D eigenvalue weighted by Gasteiger charge is 2.29. The first-order chi connectivity index (χ1) is 24.3. The highest BCUT2D eigenvalue weighted by molar-refractivity contribution is 6.32. The average molecular weight is 631 g/mol. The Balaban J connectivity index is 1.17. The Bertz CT molecular complexity index is 2690. The molecule has 0 aliphatic carbocycles. The molecule has 0 radical (unpaired) electrons. The number of rotatable bonds is 4. The molecule has 2 aliphatic rings. The normalized spacial score (nSPS) is 15.8. The van der Waals surface area contributed by atoms with Crippen molar-refractivity contribution in [3.63, 3.8) is 0 Å². The molecule has 5 nitrogen and oxygen atoms in total. The summed E-state index contributed by atoms with van der Waals surface area (Å²) in [6, 6.07) is 51.2. The minimum Gasteiger partial charge on any atom is -0.439 e. The summed E-state index contributed by atoms with van der Waals surface area (Å²) in [6.07, 6.45) is 1.90. The van der Waals surface area contributed by atoms with Crippen LogP contribution in [-0.4, -0.2) is 18.2 Å². The van der Waals surface area contributed by atoms with Crippen molar-refractivity contribution in [2.45, 2.75) is 6.17 Å². The first-order valence-electron chi connectivity index (χ1n) is 16.7. The first kappa shape index (κ1) is 27.6. The molecular formula is C44H30N4O. The van der Waals surface area contributed by atoms with E-state index in [0.29, 0.717) is 12.4 Å². The number of aliphatic imine (C=N–C) groups is 2. The van der Waals surface area contributed by atoms with Crippen LogP contribution in [0.2, 0.25) is 0 Å². The summed E-state index contributed by atoms with van der Waals surface area (Å²) in [6.45, 7) is 0.613. The van der Waals surface area contributed by atoms with Crippen molar-refractivity contribution < 1.29 is 4.42 Å². The number of furan rings is 1. The molecule has 2 N–H and O–H groups in total. The van der Waals surface area contributed by atoms with E-state index in [4.69, 9.17) is 14.4 Å². The Morgan fingerprint density at radius 3 is 2.18 bits per heavy atom. The van der Waals surface area contributed by atoms with Crippen LogP contribution in [0.25, 0.3) is 60.0 Å². The van der Waals surface area contributed by atoms with E-state index in [2.05, 4.69) is 126 Å². The van der Waals surface area contributed by atoms with Crippen LogP contribution in [0.5, 0.6) is 0 Å². The summed E-state index contributed by atoms with van der Waals surface area (Å²) in [7, 11) is 0. The van der Waals surface area contributed by atoms with Gasteiger partial charge in [0.15, 0.2) is 5.84 Å². The van der Waals surface area contributed by atoms with Crippen molar-refractivity contribution in [2.75, 3.05) is 11.9 Å². The van der Waals surface area contributed by atoms with Crippen molar-refractivity contribution in [2.24, 2.45) is 9.98 Å². The maximum atomic E-state index is 6.78. The zero-order valence-corrected chi connectivity index (χ0v) is 26.5. The first-order valence-corrected chi connectivity index (χ1v) is 16.7. The van der Waals surface area contributed by atoms with E-state index < -0.39 is 0 Å². The summed E-state index contributed by atoms with van der Waals surface area (Å²) in [5.41, 5.74) is 7.10. The van der Waals surface area contributed by atoms with E-state index in [1.807, 2.05) is 36.4 Å². The second-order valence-electron chi connectivity index (χ2n) is 12.6. The number of hydrogen-bond donors (Lipinski definition) is 2. The van der Waals surface area contributed by atoms with Gasteiger partial charge in [-0.2, -0.15) is 0 Å². The smallest absolute Gasteiger partial charge is 0.202 e. The molecule has 0 fully saturated rings. The van der Waals surface area contributed by atoms with E-state index in [1.54, 1.807) is 0 Å². The van der Waals surface area contributed by atoms with Crippen molar-refractivity contribution in [1.29, 1.82) is 0 Å². The molecule has 0 amide bonds. The predicted molar refractivity (Wildman–Crippen MR) is 203 cm³/mol. The van der Waals surface area contributed by atoms with Crippen LogP contribution in [0.4, 0.5) is 5.88 Å². The van der Waals surface area contributed by atoms with Gasteiger partial charge in [-0.1, -0.05) is 146 Å². The van der Waals surface area contributed by atoms with Gasteiger partial charge in [0.25, 0.3) is 0 Å². The van der Waals surface area contributed by atoms with Crippen molar-refractivity contribution in [1.82, 2.24) is 5.32 Å². The monoisotopic (exact) mass is 630 g/mol. The van der Waals surface area contributed by atoms with Gasteiger partial charge in [0.05, 0.1) is 5.56 Å². The number of anilines is 1. The third-order valence-corrected chi connectivity index (χ3v) is 9.74. The number of nitrogens with one attached hydrogen (secondary N) is 2. The third-order valence-electron chi connectivity index (χ3n) is 9.74. The van der Waals surface area contributed by atoms with Crippen LogP contribution in [0.3, 0.4) is 0 Å². The van der Waals surface area contributed by atoms with Crippen molar-refractivity contribution in [3.05, 3.63) is 168 Å². The molecule has 0 saturated carbocycles. The second kappa shape index (κ2) is 11.1. The molecule has 0 saturated heterocycles. The fraction of sp³-hybridized carbons (Fsp3) is 0.0455. The van der Waals surface area contributed by atoms with Gasteiger partial charge in [0, 0.05) is 28.6 Å². The van der Waals surface area contributed by atoms with Gasteiger partial charge in [-0.05, 0) is 49.5 Å². The molecule has 2 aliphatic heterocycles. The summed E-state index contributed by atoms with van der Waals surface area (Å²) in [5.74, 6) is 2.22. The second-order valence-corrected chi connectivity index (χ2v) is 12.6. The maximum Gasteiger partial charge on any atom is 0.202 e. The molecule has 1 aromatic heterocycles. The van der Waals surface area contributed by atoms with E-state index in [-0.39, 0.29) is 6.17 Å². The maximum absolute atomic E-state index is 6.78. The Morgan fingerprint density at radius 1 is 0.612 bits per heavy atom. The molecule has 49 heavy (non-hydrogen) atoms. The van der Waals surface area contributed by atoms with Gasteiger partial charge in [-0.25, -0.2) is 9.98 Å². The van der Waals surface area contributed by atoms with E-state index >= 15 is 0 Å². The van der Waals surface area contributed by atoms with Crippen LogP contribution in [0, 0.1) is 0 Å². The van der Waals surface area contributed by atoms with Crippen molar-refractivity contribution >= 4 is 66.4 Å². The lowest BCUT2D eigenvalue weighted by Gasteiger charge is -2.25. The number of para-hydroxylation sites is 1. The van der Waals surface area contributed by atoms with Crippen LogP contribution < -0.4 is 10.6 Å². The lowest BCUT2D eigenvalue weighted by molar-refractivity contribution is 0.628.